The lowest BCUT2D eigenvalue weighted by molar-refractivity contribution is 0.105. The lowest BCUT2D eigenvalue weighted by Gasteiger charge is -2.11. The van der Waals surface area contributed by atoms with Crippen LogP contribution in [0.3, 0.4) is 0 Å². The smallest absolute Gasteiger partial charge is 0.228 e. The third-order valence-electron chi connectivity index (χ3n) is 3.01. The van der Waals surface area contributed by atoms with E-state index in [-0.39, 0.29) is 24.0 Å². The van der Waals surface area contributed by atoms with Gasteiger partial charge in [0.15, 0.2) is 11.8 Å². The highest BCUT2D eigenvalue weighted by molar-refractivity contribution is 14.0. The van der Waals surface area contributed by atoms with Crippen molar-refractivity contribution >= 4 is 29.9 Å². The van der Waals surface area contributed by atoms with Crippen molar-refractivity contribution in [3.63, 3.8) is 0 Å². The normalized spacial score (nSPS) is 11.2. The fourth-order valence-electron chi connectivity index (χ4n) is 1.90. The minimum atomic E-state index is 0. The second-order valence-corrected chi connectivity index (χ2v) is 4.90. The van der Waals surface area contributed by atoms with E-state index in [1.165, 1.54) is 0 Å². The van der Waals surface area contributed by atoms with Gasteiger partial charge in [0, 0.05) is 33.2 Å². The van der Waals surface area contributed by atoms with Crippen LogP contribution in [0.25, 0.3) is 0 Å². The van der Waals surface area contributed by atoms with Crippen molar-refractivity contribution in [2.24, 2.45) is 4.99 Å². The molecule has 0 aromatic carbocycles. The Kier molecular flexibility index (Phi) is 10.1. The molecule has 134 valence electrons. The van der Waals surface area contributed by atoms with E-state index in [2.05, 4.69) is 25.8 Å². The van der Waals surface area contributed by atoms with Gasteiger partial charge in [-0.25, -0.2) is 0 Å². The van der Waals surface area contributed by atoms with Crippen LogP contribution in [0.2, 0.25) is 0 Å². The first-order chi connectivity index (χ1) is 11.3. The summed E-state index contributed by atoms with van der Waals surface area (Å²) in [5.74, 6) is 2.85. The highest BCUT2D eigenvalue weighted by Crippen LogP contribution is 2.01. The third kappa shape index (κ3) is 7.77. The Morgan fingerprint density at radius 1 is 1.33 bits per heavy atom. The molecule has 24 heavy (non-hydrogen) atoms. The van der Waals surface area contributed by atoms with Gasteiger partial charge < -0.3 is 24.3 Å². The Hall–Kier alpha value is -1.62. The van der Waals surface area contributed by atoms with E-state index in [1.54, 1.807) is 20.2 Å². The lowest BCUT2D eigenvalue weighted by Crippen LogP contribution is -2.39. The molecule has 0 unspecified atom stereocenters. The predicted octanol–water partition coefficient (Wildman–Crippen LogP) is 1.90. The van der Waals surface area contributed by atoms with Crippen LogP contribution in [0.1, 0.15) is 23.9 Å². The van der Waals surface area contributed by atoms with Crippen molar-refractivity contribution in [3.05, 3.63) is 35.9 Å². The second-order valence-electron chi connectivity index (χ2n) is 4.90. The molecule has 2 aromatic heterocycles. The van der Waals surface area contributed by atoms with Gasteiger partial charge in [0.1, 0.15) is 12.4 Å². The van der Waals surface area contributed by atoms with Crippen molar-refractivity contribution in [2.45, 2.75) is 26.4 Å². The number of halogens is 1. The zero-order chi connectivity index (χ0) is 16.3. The minimum absolute atomic E-state index is 0. The second kappa shape index (κ2) is 11.8. The number of nitrogens with zero attached hydrogens (tertiary/aromatic N) is 3. The number of guanidine groups is 1. The van der Waals surface area contributed by atoms with Gasteiger partial charge in [0.05, 0.1) is 6.26 Å². The van der Waals surface area contributed by atoms with Gasteiger partial charge in [-0.05, 0) is 25.5 Å². The molecule has 0 aliphatic carbocycles. The standard InChI is InChI=1S/C15H23N5O3.HI/c1-12-19-14(23-20-12)6-8-18-15(16-2)17-7-4-9-21-11-13-5-3-10-22-13;/h3,5,10H,4,6-9,11H2,1-2H3,(H2,16,17,18);1H. The number of rotatable bonds is 9. The number of furan rings is 1. The monoisotopic (exact) mass is 449 g/mol. The lowest BCUT2D eigenvalue weighted by atomic mass is 10.4. The van der Waals surface area contributed by atoms with Gasteiger partial charge in [-0.2, -0.15) is 4.98 Å². The first-order valence-electron chi connectivity index (χ1n) is 7.62. The molecule has 0 radical (unpaired) electrons. The summed E-state index contributed by atoms with van der Waals surface area (Å²) in [4.78, 5) is 8.30. The Morgan fingerprint density at radius 2 is 2.17 bits per heavy atom. The van der Waals surface area contributed by atoms with E-state index >= 15 is 0 Å². The SMILES string of the molecule is CN=C(NCCCOCc1ccco1)NCCc1nc(C)no1.I. The van der Waals surface area contributed by atoms with Gasteiger partial charge in [-0.3, -0.25) is 4.99 Å². The first-order valence-corrected chi connectivity index (χ1v) is 7.62. The molecule has 0 saturated heterocycles. The Bertz CT molecular complexity index is 586. The summed E-state index contributed by atoms with van der Waals surface area (Å²) in [6, 6.07) is 3.75. The molecule has 0 spiro atoms. The largest absolute Gasteiger partial charge is 0.467 e. The molecular weight excluding hydrogens is 425 g/mol. The average Bonchev–Trinajstić information content (AvgIpc) is 3.20. The zero-order valence-electron chi connectivity index (χ0n) is 13.9. The molecule has 9 heteroatoms. The van der Waals surface area contributed by atoms with Crippen LogP contribution in [0.15, 0.2) is 32.3 Å². The Labute approximate surface area is 158 Å². The number of aromatic nitrogens is 2. The number of hydrogen-bond acceptors (Lipinski definition) is 6. The van der Waals surface area contributed by atoms with Crippen LogP contribution in [0.4, 0.5) is 0 Å². The van der Waals surface area contributed by atoms with Crippen LogP contribution >= 0.6 is 24.0 Å². The van der Waals surface area contributed by atoms with Gasteiger partial charge in [0.2, 0.25) is 5.89 Å². The maximum Gasteiger partial charge on any atom is 0.228 e. The van der Waals surface area contributed by atoms with Crippen molar-refractivity contribution in [1.29, 1.82) is 0 Å². The van der Waals surface area contributed by atoms with E-state index in [9.17, 15) is 0 Å². The highest BCUT2D eigenvalue weighted by Gasteiger charge is 2.03. The molecule has 0 saturated carbocycles. The fraction of sp³-hybridized carbons (Fsp3) is 0.533. The average molecular weight is 449 g/mol. The molecule has 0 aliphatic heterocycles. The van der Waals surface area contributed by atoms with Crippen LogP contribution in [-0.2, 0) is 17.8 Å². The van der Waals surface area contributed by atoms with Gasteiger partial charge in [0.25, 0.3) is 0 Å². The third-order valence-corrected chi connectivity index (χ3v) is 3.01. The molecule has 2 heterocycles. The van der Waals surface area contributed by atoms with E-state index in [0.717, 1.165) is 24.7 Å². The minimum Gasteiger partial charge on any atom is -0.467 e. The van der Waals surface area contributed by atoms with E-state index < -0.39 is 0 Å². The molecule has 0 atom stereocenters. The Morgan fingerprint density at radius 3 is 2.83 bits per heavy atom. The summed E-state index contributed by atoms with van der Waals surface area (Å²) >= 11 is 0. The summed E-state index contributed by atoms with van der Waals surface area (Å²) in [6.07, 6.45) is 3.18. The quantitative estimate of drug-likeness (QED) is 0.261. The summed E-state index contributed by atoms with van der Waals surface area (Å²) < 4.78 is 15.8. The zero-order valence-corrected chi connectivity index (χ0v) is 16.3. The van der Waals surface area contributed by atoms with Gasteiger partial charge >= 0.3 is 0 Å². The van der Waals surface area contributed by atoms with Crippen molar-refractivity contribution in [1.82, 2.24) is 20.8 Å². The van der Waals surface area contributed by atoms with E-state index in [1.807, 2.05) is 12.1 Å². The van der Waals surface area contributed by atoms with Crippen LogP contribution in [0.5, 0.6) is 0 Å². The number of aryl methyl sites for hydroxylation is 1. The van der Waals surface area contributed by atoms with Crippen molar-refractivity contribution < 1.29 is 13.7 Å². The summed E-state index contributed by atoms with van der Waals surface area (Å²) in [7, 11) is 1.74. The number of aliphatic imine (C=N–C) groups is 1. The van der Waals surface area contributed by atoms with Gasteiger partial charge in [-0.15, -0.1) is 24.0 Å². The molecule has 0 amide bonds. The number of ether oxygens (including phenoxy) is 1. The van der Waals surface area contributed by atoms with Gasteiger partial charge in [-0.1, -0.05) is 5.16 Å². The first kappa shape index (κ1) is 20.4. The van der Waals surface area contributed by atoms with Crippen molar-refractivity contribution in [3.8, 4) is 0 Å². The van der Waals surface area contributed by atoms with Crippen LogP contribution in [0, 0.1) is 6.92 Å². The van der Waals surface area contributed by atoms with Crippen LogP contribution in [-0.4, -0.2) is 42.8 Å². The fourth-order valence-corrected chi connectivity index (χ4v) is 1.90. The summed E-state index contributed by atoms with van der Waals surface area (Å²) in [5, 5.41) is 10.2. The predicted molar refractivity (Wildman–Crippen MR) is 100 cm³/mol. The highest BCUT2D eigenvalue weighted by atomic mass is 127. The molecular formula is C15H24IN5O3. The van der Waals surface area contributed by atoms with Crippen LogP contribution < -0.4 is 10.6 Å². The molecule has 8 nitrogen and oxygen atoms in total. The maximum atomic E-state index is 5.51. The maximum absolute atomic E-state index is 5.51. The number of hydrogen-bond donors (Lipinski definition) is 2. The Balaban J connectivity index is 0.00000288. The molecule has 0 fully saturated rings. The van der Waals surface area contributed by atoms with E-state index in [4.69, 9.17) is 13.7 Å². The molecule has 2 rings (SSSR count). The molecule has 2 aromatic rings. The van der Waals surface area contributed by atoms with Crippen molar-refractivity contribution in [2.75, 3.05) is 26.7 Å². The molecule has 0 bridgehead atoms. The topological polar surface area (TPSA) is 97.7 Å². The summed E-state index contributed by atoms with van der Waals surface area (Å²) in [5.41, 5.74) is 0. The molecule has 2 N–H and O–H groups in total. The summed E-state index contributed by atoms with van der Waals surface area (Å²) in [6.45, 7) is 4.41. The number of nitrogens with one attached hydrogen (secondary N) is 2. The van der Waals surface area contributed by atoms with E-state index in [0.29, 0.717) is 37.9 Å². The molecule has 0 aliphatic rings.